The van der Waals surface area contributed by atoms with Crippen molar-refractivity contribution in [3.8, 4) is 0 Å². The maximum absolute atomic E-state index is 12.5. The van der Waals surface area contributed by atoms with Gasteiger partial charge in [-0.1, -0.05) is 346 Å². The van der Waals surface area contributed by atoms with Gasteiger partial charge in [-0.3, -0.25) is 9.59 Å². The Labute approximate surface area is 475 Å². The molecule has 0 aliphatic rings. The summed E-state index contributed by atoms with van der Waals surface area (Å²) in [5.74, 6) is -0.0218. The Morgan fingerprint density at radius 2 is 0.684 bits per heavy atom. The van der Waals surface area contributed by atoms with E-state index in [2.05, 4.69) is 43.5 Å². The largest absolute Gasteiger partial charge is 0.466 e. The smallest absolute Gasteiger partial charge is 0.305 e. The molecule has 76 heavy (non-hydrogen) atoms. The third-order valence-electron chi connectivity index (χ3n) is 16.2. The Kier molecular flexibility index (Phi) is 64.4. The molecule has 0 rings (SSSR count). The summed E-state index contributed by atoms with van der Waals surface area (Å²) in [6.07, 6.45) is 82.3. The molecule has 1 amide bonds. The second-order valence-electron chi connectivity index (χ2n) is 23.9. The van der Waals surface area contributed by atoms with Crippen LogP contribution in [0.15, 0.2) is 24.3 Å². The minimum Gasteiger partial charge on any atom is -0.466 e. The molecular weight excluding hydrogens is 935 g/mol. The van der Waals surface area contributed by atoms with Crippen LogP contribution < -0.4 is 5.32 Å². The Morgan fingerprint density at radius 3 is 1.05 bits per heavy atom. The molecule has 450 valence electrons. The summed E-state index contributed by atoms with van der Waals surface area (Å²) in [5.41, 5.74) is 0. The topological polar surface area (TPSA) is 95.9 Å². The van der Waals surface area contributed by atoms with Crippen LogP contribution in [0.4, 0.5) is 0 Å². The van der Waals surface area contributed by atoms with Crippen molar-refractivity contribution in [1.82, 2.24) is 5.32 Å². The molecule has 0 saturated carbocycles. The van der Waals surface area contributed by atoms with Gasteiger partial charge >= 0.3 is 5.97 Å². The summed E-state index contributed by atoms with van der Waals surface area (Å²) in [4.78, 5) is 24.5. The molecule has 0 saturated heterocycles. The van der Waals surface area contributed by atoms with E-state index in [0.29, 0.717) is 25.9 Å². The molecule has 6 heteroatoms. The van der Waals surface area contributed by atoms with Crippen molar-refractivity contribution in [3.05, 3.63) is 24.3 Å². The van der Waals surface area contributed by atoms with Crippen LogP contribution in [0, 0.1) is 0 Å². The number of rotatable bonds is 65. The first-order chi connectivity index (χ1) is 37.5. The normalized spacial score (nSPS) is 12.6. The van der Waals surface area contributed by atoms with Gasteiger partial charge in [-0.05, 0) is 51.4 Å². The van der Waals surface area contributed by atoms with E-state index >= 15 is 0 Å². The van der Waals surface area contributed by atoms with Gasteiger partial charge < -0.3 is 20.3 Å². The van der Waals surface area contributed by atoms with E-state index in [9.17, 15) is 19.8 Å². The second-order valence-corrected chi connectivity index (χ2v) is 23.9. The first kappa shape index (κ1) is 74.3. The van der Waals surface area contributed by atoms with Crippen LogP contribution in [-0.2, 0) is 14.3 Å². The van der Waals surface area contributed by atoms with Crippen molar-refractivity contribution in [2.45, 2.75) is 398 Å². The molecule has 0 spiro atoms. The highest BCUT2D eigenvalue weighted by atomic mass is 16.5. The van der Waals surface area contributed by atoms with Crippen LogP contribution in [0.2, 0.25) is 0 Å². The number of nitrogens with one attached hydrogen (secondary N) is 1. The van der Waals surface area contributed by atoms with Crippen LogP contribution in [0.5, 0.6) is 0 Å². The molecule has 6 nitrogen and oxygen atoms in total. The third kappa shape index (κ3) is 61.6. The average Bonchev–Trinajstić information content (AvgIpc) is 3.42. The summed E-state index contributed by atoms with van der Waals surface area (Å²) >= 11 is 0. The zero-order valence-electron chi connectivity index (χ0n) is 51.5. The standard InChI is InChI=1S/C70H135NO5/c1-3-5-7-9-11-13-15-17-39-42-46-50-54-58-62-68(73)67(66-72)71-69(74)63-59-55-51-47-43-40-36-34-32-30-28-26-24-22-20-18-19-21-23-25-27-29-31-33-35-37-41-45-49-53-57-61-65-76-70(75)64-60-56-52-48-44-38-16-14-12-10-8-6-4-2/h8,10,14,16,67-68,72-73H,3-7,9,11-13,15,17-66H2,1-2H3,(H,71,74)/b10-8-,16-14-. The average molecular weight is 1070 g/mol. The van der Waals surface area contributed by atoms with E-state index in [0.717, 1.165) is 51.4 Å². The Morgan fingerprint density at radius 1 is 0.368 bits per heavy atom. The fraction of sp³-hybridized carbons (Fsp3) is 0.914. The molecule has 2 unspecified atom stereocenters. The number of hydrogen-bond acceptors (Lipinski definition) is 5. The highest BCUT2D eigenvalue weighted by molar-refractivity contribution is 5.76. The first-order valence-corrected chi connectivity index (χ1v) is 34.6. The van der Waals surface area contributed by atoms with Crippen LogP contribution in [0.3, 0.4) is 0 Å². The van der Waals surface area contributed by atoms with Crippen LogP contribution >= 0.6 is 0 Å². The van der Waals surface area contributed by atoms with E-state index in [1.165, 1.54) is 302 Å². The first-order valence-electron chi connectivity index (χ1n) is 34.6. The van der Waals surface area contributed by atoms with Crippen molar-refractivity contribution < 1.29 is 24.5 Å². The molecular formula is C70H135NO5. The summed E-state index contributed by atoms with van der Waals surface area (Å²) in [6.45, 7) is 4.91. The molecule has 0 aliphatic carbocycles. The molecule has 0 aliphatic heterocycles. The van der Waals surface area contributed by atoms with E-state index in [1.807, 2.05) is 0 Å². The highest BCUT2D eigenvalue weighted by Gasteiger charge is 2.20. The minimum absolute atomic E-state index is 0.00620. The summed E-state index contributed by atoms with van der Waals surface area (Å²) < 4.78 is 5.48. The fourth-order valence-electron chi connectivity index (χ4n) is 11.0. The lowest BCUT2D eigenvalue weighted by Gasteiger charge is -2.22. The lowest BCUT2D eigenvalue weighted by atomic mass is 10.0. The lowest BCUT2D eigenvalue weighted by Crippen LogP contribution is -2.45. The number of carbonyl (C=O) groups excluding carboxylic acids is 2. The number of ether oxygens (including phenoxy) is 1. The van der Waals surface area contributed by atoms with Crippen LogP contribution in [0.1, 0.15) is 386 Å². The Balaban J connectivity index is 3.31. The zero-order valence-corrected chi connectivity index (χ0v) is 51.5. The molecule has 0 aromatic rings. The van der Waals surface area contributed by atoms with Crippen molar-refractivity contribution >= 4 is 11.9 Å². The summed E-state index contributed by atoms with van der Waals surface area (Å²) in [7, 11) is 0. The molecule has 0 aromatic heterocycles. The molecule has 0 bridgehead atoms. The number of unbranched alkanes of at least 4 members (excludes halogenated alkanes) is 50. The molecule has 0 aromatic carbocycles. The second kappa shape index (κ2) is 65.9. The third-order valence-corrected chi connectivity index (χ3v) is 16.2. The van der Waals surface area contributed by atoms with E-state index in [-0.39, 0.29) is 18.5 Å². The van der Waals surface area contributed by atoms with Crippen molar-refractivity contribution in [2.24, 2.45) is 0 Å². The number of aliphatic hydroxyl groups is 2. The minimum atomic E-state index is -0.660. The Bertz CT molecular complexity index is 1190. The van der Waals surface area contributed by atoms with Gasteiger partial charge in [-0.2, -0.15) is 0 Å². The lowest BCUT2D eigenvalue weighted by molar-refractivity contribution is -0.143. The Hall–Kier alpha value is -1.66. The van der Waals surface area contributed by atoms with Gasteiger partial charge in [0.2, 0.25) is 5.91 Å². The number of aliphatic hydroxyl groups excluding tert-OH is 2. The van der Waals surface area contributed by atoms with Gasteiger partial charge in [0, 0.05) is 12.8 Å². The van der Waals surface area contributed by atoms with Gasteiger partial charge in [0.1, 0.15) is 0 Å². The maximum Gasteiger partial charge on any atom is 0.305 e. The summed E-state index contributed by atoms with van der Waals surface area (Å²) in [5, 5.41) is 23.3. The quantitative estimate of drug-likeness (QED) is 0.0320. The van der Waals surface area contributed by atoms with Gasteiger partial charge in [0.25, 0.3) is 0 Å². The van der Waals surface area contributed by atoms with Gasteiger partial charge in [-0.15, -0.1) is 0 Å². The summed E-state index contributed by atoms with van der Waals surface area (Å²) in [6, 6.07) is -0.537. The highest BCUT2D eigenvalue weighted by Crippen LogP contribution is 2.19. The van der Waals surface area contributed by atoms with Crippen molar-refractivity contribution in [3.63, 3.8) is 0 Å². The zero-order chi connectivity index (χ0) is 55.0. The van der Waals surface area contributed by atoms with Crippen molar-refractivity contribution in [1.29, 1.82) is 0 Å². The van der Waals surface area contributed by atoms with Gasteiger partial charge in [-0.25, -0.2) is 0 Å². The van der Waals surface area contributed by atoms with E-state index in [4.69, 9.17) is 4.74 Å². The van der Waals surface area contributed by atoms with E-state index in [1.54, 1.807) is 0 Å². The molecule has 0 heterocycles. The molecule has 3 N–H and O–H groups in total. The fourth-order valence-corrected chi connectivity index (χ4v) is 11.0. The molecule has 0 radical (unpaired) electrons. The number of amides is 1. The number of hydrogen-bond donors (Lipinski definition) is 3. The monoisotopic (exact) mass is 1070 g/mol. The van der Waals surface area contributed by atoms with Crippen LogP contribution in [0.25, 0.3) is 0 Å². The predicted molar refractivity (Wildman–Crippen MR) is 333 cm³/mol. The van der Waals surface area contributed by atoms with Gasteiger partial charge in [0.15, 0.2) is 0 Å². The maximum atomic E-state index is 12.5. The van der Waals surface area contributed by atoms with Crippen LogP contribution in [-0.4, -0.2) is 47.4 Å². The van der Waals surface area contributed by atoms with Gasteiger partial charge in [0.05, 0.1) is 25.4 Å². The SMILES string of the molecule is CCC/C=C\C/C=C\CCCCCCCC(=O)OCCCCCCCCCCCCCCCCCCCCCCCCCCCCCCCCCCC(=O)NC(CO)C(O)CCCCCCCCCCCCCCCC. The number of carbonyl (C=O) groups is 2. The number of allylic oxidation sites excluding steroid dienone is 4. The molecule has 2 atom stereocenters. The van der Waals surface area contributed by atoms with Crippen molar-refractivity contribution in [2.75, 3.05) is 13.2 Å². The number of esters is 1. The molecule has 0 fully saturated rings. The van der Waals surface area contributed by atoms with E-state index < -0.39 is 12.1 Å². The predicted octanol–water partition coefficient (Wildman–Crippen LogP) is 22.1.